The minimum Gasteiger partial charge on any atom is -0.258 e. The number of thioether (sulfide) groups is 1. The average Bonchev–Trinajstić information content (AvgIpc) is 3.13. The van der Waals surface area contributed by atoms with Crippen LogP contribution in [0.15, 0.2) is 29.3 Å². The Morgan fingerprint density at radius 3 is 2.79 bits per heavy atom. The van der Waals surface area contributed by atoms with Gasteiger partial charge in [-0.3, -0.25) is 10.1 Å². The molecule has 0 radical (unpaired) electrons. The third-order valence-electron chi connectivity index (χ3n) is 4.17. The van der Waals surface area contributed by atoms with Crippen molar-refractivity contribution in [2.24, 2.45) is 0 Å². The summed E-state index contributed by atoms with van der Waals surface area (Å²) in [7, 11) is 0. The molecule has 1 aliphatic rings. The molecule has 122 valence electrons. The number of hydrogen-bond donors (Lipinski definition) is 0. The molecule has 0 N–H and O–H groups in total. The molecule has 0 aliphatic heterocycles. The van der Waals surface area contributed by atoms with Gasteiger partial charge < -0.3 is 0 Å². The molecule has 0 saturated heterocycles. The zero-order chi connectivity index (χ0) is 16.7. The van der Waals surface area contributed by atoms with Gasteiger partial charge in [0, 0.05) is 28.1 Å². The normalized spacial score (nSPS) is 13.4. The first-order chi connectivity index (χ1) is 11.6. The van der Waals surface area contributed by atoms with E-state index in [-0.39, 0.29) is 10.6 Å². The number of benzene rings is 1. The van der Waals surface area contributed by atoms with Gasteiger partial charge in [-0.25, -0.2) is 9.97 Å². The largest absolute Gasteiger partial charge is 0.269 e. The van der Waals surface area contributed by atoms with Crippen LogP contribution in [0.4, 0.5) is 5.69 Å². The van der Waals surface area contributed by atoms with Crippen molar-refractivity contribution < 1.29 is 4.92 Å². The molecule has 2 heterocycles. The molecule has 3 aromatic rings. The number of hydrogen-bond acceptors (Lipinski definition) is 6. The number of aromatic nitrogens is 2. The predicted octanol–water partition coefficient (Wildman–Crippen LogP) is 4.69. The summed E-state index contributed by atoms with van der Waals surface area (Å²) in [5, 5.41) is 13.0. The maximum Gasteiger partial charge on any atom is 0.269 e. The number of nitro benzene ring substituents is 1. The first kappa shape index (κ1) is 15.5. The SMILES string of the molecule is Cc1nc(SCc2ccc([N+](=O)[O-])cc2)c2c3c(sc2n1)CCC3. The van der Waals surface area contributed by atoms with Crippen molar-refractivity contribution in [3.8, 4) is 0 Å². The van der Waals surface area contributed by atoms with Gasteiger partial charge in [0.15, 0.2) is 0 Å². The molecule has 0 fully saturated rings. The molecule has 0 spiro atoms. The molecule has 0 bridgehead atoms. The molecule has 2 aromatic heterocycles. The van der Waals surface area contributed by atoms with Crippen molar-refractivity contribution in [1.29, 1.82) is 0 Å². The van der Waals surface area contributed by atoms with Crippen LogP contribution in [-0.4, -0.2) is 14.9 Å². The zero-order valence-electron chi connectivity index (χ0n) is 13.1. The van der Waals surface area contributed by atoms with E-state index < -0.39 is 0 Å². The lowest BCUT2D eigenvalue weighted by atomic mass is 10.2. The summed E-state index contributed by atoms with van der Waals surface area (Å²) < 4.78 is 0. The number of rotatable bonds is 4. The highest BCUT2D eigenvalue weighted by atomic mass is 32.2. The van der Waals surface area contributed by atoms with Crippen molar-refractivity contribution in [3.05, 3.63) is 56.2 Å². The van der Waals surface area contributed by atoms with Gasteiger partial charge in [-0.05, 0) is 37.3 Å². The summed E-state index contributed by atoms with van der Waals surface area (Å²) in [6.45, 7) is 1.93. The van der Waals surface area contributed by atoms with Crippen LogP contribution in [0.1, 0.15) is 28.2 Å². The molecule has 0 amide bonds. The van der Waals surface area contributed by atoms with Crippen molar-refractivity contribution in [3.63, 3.8) is 0 Å². The van der Waals surface area contributed by atoms with Crippen LogP contribution < -0.4 is 0 Å². The van der Waals surface area contributed by atoms with E-state index >= 15 is 0 Å². The van der Waals surface area contributed by atoms with Gasteiger partial charge in [-0.2, -0.15) is 0 Å². The van der Waals surface area contributed by atoms with E-state index in [1.165, 1.54) is 22.2 Å². The van der Waals surface area contributed by atoms with Crippen molar-refractivity contribution in [1.82, 2.24) is 9.97 Å². The van der Waals surface area contributed by atoms with Crippen LogP contribution >= 0.6 is 23.1 Å². The summed E-state index contributed by atoms with van der Waals surface area (Å²) in [6.07, 6.45) is 3.49. The predicted molar refractivity (Wildman–Crippen MR) is 96.8 cm³/mol. The number of aryl methyl sites for hydroxylation is 3. The number of thiophene rings is 1. The summed E-state index contributed by atoms with van der Waals surface area (Å²) in [5.74, 6) is 1.54. The van der Waals surface area contributed by atoms with Gasteiger partial charge in [0.25, 0.3) is 5.69 Å². The highest BCUT2D eigenvalue weighted by molar-refractivity contribution is 7.98. The Hall–Kier alpha value is -1.99. The smallest absolute Gasteiger partial charge is 0.258 e. The van der Waals surface area contributed by atoms with Crippen LogP contribution in [0.2, 0.25) is 0 Å². The maximum atomic E-state index is 10.7. The number of non-ortho nitro benzene ring substituents is 1. The Morgan fingerprint density at radius 2 is 2.04 bits per heavy atom. The van der Waals surface area contributed by atoms with E-state index in [9.17, 15) is 10.1 Å². The lowest BCUT2D eigenvalue weighted by Gasteiger charge is -2.06. The summed E-state index contributed by atoms with van der Waals surface area (Å²) >= 11 is 3.49. The molecule has 24 heavy (non-hydrogen) atoms. The summed E-state index contributed by atoms with van der Waals surface area (Å²) in [6, 6.07) is 6.74. The Bertz CT molecular complexity index is 935. The summed E-state index contributed by atoms with van der Waals surface area (Å²) in [5.41, 5.74) is 2.61. The highest BCUT2D eigenvalue weighted by Crippen LogP contribution is 2.41. The fourth-order valence-electron chi connectivity index (χ4n) is 3.03. The Morgan fingerprint density at radius 1 is 1.25 bits per heavy atom. The molecule has 7 heteroatoms. The van der Waals surface area contributed by atoms with E-state index in [0.29, 0.717) is 0 Å². The number of fused-ring (bicyclic) bond motifs is 3. The van der Waals surface area contributed by atoms with Gasteiger partial charge in [0.2, 0.25) is 0 Å². The second-order valence-electron chi connectivity index (χ2n) is 5.83. The third kappa shape index (κ3) is 2.78. The fraction of sp³-hybridized carbons (Fsp3) is 0.294. The van der Waals surface area contributed by atoms with Crippen LogP contribution in [0, 0.1) is 17.0 Å². The van der Waals surface area contributed by atoms with Gasteiger partial charge in [0.05, 0.1) is 4.92 Å². The summed E-state index contributed by atoms with van der Waals surface area (Å²) in [4.78, 5) is 22.2. The molecule has 0 unspecified atom stereocenters. The van der Waals surface area contributed by atoms with Gasteiger partial charge in [-0.1, -0.05) is 12.1 Å². The first-order valence-corrected chi connectivity index (χ1v) is 9.57. The van der Waals surface area contributed by atoms with Gasteiger partial charge in [0.1, 0.15) is 15.7 Å². The van der Waals surface area contributed by atoms with Crippen LogP contribution in [0.3, 0.4) is 0 Å². The van der Waals surface area contributed by atoms with Gasteiger partial charge in [-0.15, -0.1) is 23.1 Å². The topological polar surface area (TPSA) is 68.9 Å². The molecule has 1 aliphatic carbocycles. The highest BCUT2D eigenvalue weighted by Gasteiger charge is 2.22. The Balaban J connectivity index is 1.63. The van der Waals surface area contributed by atoms with Crippen LogP contribution in [-0.2, 0) is 18.6 Å². The Labute approximate surface area is 147 Å². The zero-order valence-corrected chi connectivity index (χ0v) is 14.7. The molecular weight excluding hydrogens is 342 g/mol. The van der Waals surface area contributed by atoms with Crippen molar-refractivity contribution >= 4 is 39.0 Å². The number of nitrogens with zero attached hydrogens (tertiary/aromatic N) is 3. The monoisotopic (exact) mass is 357 g/mol. The van der Waals surface area contributed by atoms with E-state index in [0.717, 1.165) is 39.8 Å². The molecular formula is C17H15N3O2S2. The van der Waals surface area contributed by atoms with Crippen molar-refractivity contribution in [2.75, 3.05) is 0 Å². The number of nitro groups is 1. The second kappa shape index (κ2) is 6.14. The van der Waals surface area contributed by atoms with E-state index in [1.807, 2.05) is 19.1 Å². The first-order valence-electron chi connectivity index (χ1n) is 7.77. The van der Waals surface area contributed by atoms with Crippen LogP contribution in [0.25, 0.3) is 10.2 Å². The molecule has 4 rings (SSSR count). The van der Waals surface area contributed by atoms with E-state index in [4.69, 9.17) is 0 Å². The second-order valence-corrected chi connectivity index (χ2v) is 7.87. The Kier molecular flexibility index (Phi) is 3.97. The van der Waals surface area contributed by atoms with E-state index in [2.05, 4.69) is 9.97 Å². The molecule has 0 atom stereocenters. The average molecular weight is 357 g/mol. The quantitative estimate of drug-likeness (QED) is 0.293. The van der Waals surface area contributed by atoms with Crippen LogP contribution in [0.5, 0.6) is 0 Å². The molecule has 0 saturated carbocycles. The molecule has 5 nitrogen and oxygen atoms in total. The lowest BCUT2D eigenvalue weighted by molar-refractivity contribution is -0.384. The minimum atomic E-state index is -0.372. The molecule has 1 aromatic carbocycles. The lowest BCUT2D eigenvalue weighted by Crippen LogP contribution is -1.93. The fourth-order valence-corrected chi connectivity index (χ4v) is 5.46. The third-order valence-corrected chi connectivity index (χ3v) is 6.40. The standard InChI is InChI=1S/C17H15N3O2S2/c1-10-18-16(15-13-3-2-4-14(13)24-17(15)19-10)23-9-11-5-7-12(8-6-11)20(21)22/h5-8H,2-4,9H2,1H3. The van der Waals surface area contributed by atoms with Gasteiger partial charge >= 0.3 is 0 Å². The van der Waals surface area contributed by atoms with Crippen molar-refractivity contribution in [2.45, 2.75) is 37.0 Å². The minimum absolute atomic E-state index is 0.125. The maximum absolute atomic E-state index is 10.7. The van der Waals surface area contributed by atoms with E-state index in [1.54, 1.807) is 35.2 Å².